The van der Waals surface area contributed by atoms with Crippen LogP contribution < -0.4 is 14.4 Å². The fourth-order valence-corrected chi connectivity index (χ4v) is 5.24. The van der Waals surface area contributed by atoms with E-state index in [2.05, 4.69) is 5.32 Å². The first-order chi connectivity index (χ1) is 18.0. The van der Waals surface area contributed by atoms with Crippen molar-refractivity contribution >= 4 is 27.5 Å². The molecule has 0 heterocycles. The summed E-state index contributed by atoms with van der Waals surface area (Å²) in [5, 5.41) is 2.76. The molecule has 1 N–H and O–H groups in total. The summed E-state index contributed by atoms with van der Waals surface area (Å²) in [7, 11) is -2.75. The van der Waals surface area contributed by atoms with Gasteiger partial charge in [-0.05, 0) is 51.1 Å². The molecule has 0 aliphatic heterocycles. The van der Waals surface area contributed by atoms with Gasteiger partial charge in [-0.1, -0.05) is 42.5 Å². The molecule has 1 atom stereocenters. The molecular weight excluding hydrogens is 509 g/mol. The van der Waals surface area contributed by atoms with Crippen LogP contribution in [0.4, 0.5) is 10.1 Å². The van der Waals surface area contributed by atoms with Gasteiger partial charge in [0, 0.05) is 24.2 Å². The van der Waals surface area contributed by atoms with Gasteiger partial charge >= 0.3 is 0 Å². The lowest BCUT2D eigenvalue weighted by atomic mass is 10.1. The van der Waals surface area contributed by atoms with E-state index in [-0.39, 0.29) is 28.7 Å². The van der Waals surface area contributed by atoms with Gasteiger partial charge in [0.1, 0.15) is 24.2 Å². The monoisotopic (exact) mass is 541 g/mol. The van der Waals surface area contributed by atoms with E-state index in [0.29, 0.717) is 5.75 Å². The Balaban J connectivity index is 2.05. The van der Waals surface area contributed by atoms with Gasteiger partial charge in [0.2, 0.25) is 11.8 Å². The van der Waals surface area contributed by atoms with Crippen LogP contribution in [-0.2, 0) is 26.2 Å². The van der Waals surface area contributed by atoms with Gasteiger partial charge in [0.25, 0.3) is 10.0 Å². The molecule has 0 aromatic heterocycles. The first kappa shape index (κ1) is 28.6. The highest BCUT2D eigenvalue weighted by atomic mass is 32.2. The third-order valence-corrected chi connectivity index (χ3v) is 7.64. The summed E-state index contributed by atoms with van der Waals surface area (Å²) in [6, 6.07) is 18.8. The minimum atomic E-state index is -4.20. The van der Waals surface area contributed by atoms with Crippen molar-refractivity contribution in [1.82, 2.24) is 10.2 Å². The number of methoxy groups -OCH3 is 1. The van der Waals surface area contributed by atoms with Gasteiger partial charge in [-0.3, -0.25) is 13.9 Å². The summed E-state index contributed by atoms with van der Waals surface area (Å²) in [4.78, 5) is 27.9. The lowest BCUT2D eigenvalue weighted by molar-refractivity contribution is -0.139. The highest BCUT2D eigenvalue weighted by Crippen LogP contribution is 2.27. The molecule has 0 radical (unpaired) electrons. The van der Waals surface area contributed by atoms with Gasteiger partial charge in [0.15, 0.2) is 0 Å². The number of hydrogen-bond acceptors (Lipinski definition) is 5. The van der Waals surface area contributed by atoms with E-state index >= 15 is 0 Å². The minimum absolute atomic E-state index is 0.0122. The number of anilines is 1. The largest absolute Gasteiger partial charge is 0.497 e. The third kappa shape index (κ3) is 6.89. The third-order valence-electron chi connectivity index (χ3n) is 5.85. The number of nitrogens with one attached hydrogen (secondary N) is 1. The lowest BCUT2D eigenvalue weighted by Gasteiger charge is -2.32. The average molecular weight is 542 g/mol. The molecule has 8 nitrogen and oxygen atoms in total. The summed E-state index contributed by atoms with van der Waals surface area (Å²) in [5.74, 6) is -1.26. The van der Waals surface area contributed by atoms with Crippen LogP contribution in [0.3, 0.4) is 0 Å². The van der Waals surface area contributed by atoms with E-state index < -0.39 is 40.2 Å². The van der Waals surface area contributed by atoms with Gasteiger partial charge in [0.05, 0.1) is 17.7 Å². The van der Waals surface area contributed by atoms with Crippen LogP contribution in [0.1, 0.15) is 26.3 Å². The number of amides is 2. The Morgan fingerprint density at radius 3 is 2.24 bits per heavy atom. The van der Waals surface area contributed by atoms with Crippen molar-refractivity contribution in [3.05, 3.63) is 90.2 Å². The van der Waals surface area contributed by atoms with Crippen LogP contribution in [0.25, 0.3) is 0 Å². The smallest absolute Gasteiger partial charge is 0.264 e. The zero-order chi connectivity index (χ0) is 27.9. The van der Waals surface area contributed by atoms with Crippen molar-refractivity contribution in [2.45, 2.75) is 44.3 Å². The number of carbonyl (C=O) groups excluding carboxylic acids is 2. The molecule has 0 bridgehead atoms. The fraction of sp³-hybridized carbons (Fsp3) is 0.286. The van der Waals surface area contributed by atoms with E-state index in [9.17, 15) is 22.4 Å². The predicted molar refractivity (Wildman–Crippen MR) is 144 cm³/mol. The molecular formula is C28H32FN3O5S. The molecule has 38 heavy (non-hydrogen) atoms. The Hall–Kier alpha value is -3.92. The summed E-state index contributed by atoms with van der Waals surface area (Å²) >= 11 is 0. The Labute approximate surface area is 223 Å². The molecule has 3 aromatic rings. The first-order valence-electron chi connectivity index (χ1n) is 12.1. The van der Waals surface area contributed by atoms with Crippen LogP contribution in [0.5, 0.6) is 5.75 Å². The molecule has 0 fully saturated rings. The first-order valence-corrected chi connectivity index (χ1v) is 13.5. The lowest BCUT2D eigenvalue weighted by Crippen LogP contribution is -2.52. The zero-order valence-corrected chi connectivity index (χ0v) is 22.6. The molecule has 3 rings (SSSR count). The predicted octanol–water partition coefficient (Wildman–Crippen LogP) is 3.97. The van der Waals surface area contributed by atoms with Crippen molar-refractivity contribution < 1.29 is 27.1 Å². The van der Waals surface area contributed by atoms with Crippen molar-refractivity contribution in [3.63, 3.8) is 0 Å². The normalized spacial score (nSPS) is 12.1. The minimum Gasteiger partial charge on any atom is -0.497 e. The molecule has 0 saturated carbocycles. The van der Waals surface area contributed by atoms with Gasteiger partial charge in [-0.15, -0.1) is 0 Å². The molecule has 10 heteroatoms. The maximum absolute atomic E-state index is 14.6. The van der Waals surface area contributed by atoms with Crippen molar-refractivity contribution in [1.29, 1.82) is 0 Å². The van der Waals surface area contributed by atoms with Crippen molar-refractivity contribution in [3.8, 4) is 5.75 Å². The second-order valence-corrected chi connectivity index (χ2v) is 10.8. The maximum atomic E-state index is 14.6. The number of halogens is 1. The second kappa shape index (κ2) is 12.6. The Bertz CT molecular complexity index is 1370. The second-order valence-electron chi connectivity index (χ2n) is 8.98. The standard InChI is InChI=1S/C28H32FN3O5S/c1-20(2)30-28(34)21(3)31(18-22-11-8-9-16-26(22)29)27(33)19-32(23-12-10-13-24(17-23)37-4)38(35,36)25-14-6-5-7-15-25/h5-17,20-21H,18-19H2,1-4H3,(H,30,34)/t21-/m1/s1. The van der Waals surface area contributed by atoms with Crippen LogP contribution >= 0.6 is 0 Å². The molecule has 0 saturated heterocycles. The van der Waals surface area contributed by atoms with E-state index in [4.69, 9.17) is 4.74 Å². The number of ether oxygens (including phenoxy) is 1. The topological polar surface area (TPSA) is 96.0 Å². The van der Waals surface area contributed by atoms with Crippen LogP contribution in [0, 0.1) is 5.82 Å². The summed E-state index contributed by atoms with van der Waals surface area (Å²) in [6.07, 6.45) is 0. The number of carbonyl (C=O) groups is 2. The summed E-state index contributed by atoms with van der Waals surface area (Å²) in [5.41, 5.74) is 0.399. The molecule has 2 amide bonds. The molecule has 0 spiro atoms. The van der Waals surface area contributed by atoms with E-state index in [1.54, 1.807) is 56.3 Å². The number of nitrogens with zero attached hydrogens (tertiary/aromatic N) is 2. The van der Waals surface area contributed by atoms with Gasteiger partial charge in [-0.25, -0.2) is 12.8 Å². The van der Waals surface area contributed by atoms with Gasteiger partial charge < -0.3 is 15.0 Å². The Morgan fingerprint density at radius 2 is 1.61 bits per heavy atom. The van der Waals surface area contributed by atoms with Crippen molar-refractivity contribution in [2.24, 2.45) is 0 Å². The summed E-state index contributed by atoms with van der Waals surface area (Å²) in [6.45, 7) is 4.24. The SMILES string of the molecule is COc1cccc(N(CC(=O)N(Cc2ccccc2F)[C@H](C)C(=O)NC(C)C)S(=O)(=O)c2ccccc2)c1. The number of sulfonamides is 1. The number of hydrogen-bond donors (Lipinski definition) is 1. The maximum Gasteiger partial charge on any atom is 0.264 e. The molecule has 3 aromatic carbocycles. The van der Waals surface area contributed by atoms with Gasteiger partial charge in [-0.2, -0.15) is 0 Å². The Kier molecular flexibility index (Phi) is 9.46. The van der Waals surface area contributed by atoms with Crippen molar-refractivity contribution in [2.75, 3.05) is 18.0 Å². The quantitative estimate of drug-likeness (QED) is 0.396. The van der Waals surface area contributed by atoms with E-state index in [0.717, 1.165) is 4.31 Å². The Morgan fingerprint density at radius 1 is 0.947 bits per heavy atom. The molecule has 0 aliphatic carbocycles. The van der Waals surface area contributed by atoms with Crippen LogP contribution in [0.2, 0.25) is 0 Å². The molecule has 202 valence electrons. The molecule has 0 aliphatic rings. The zero-order valence-electron chi connectivity index (χ0n) is 21.8. The highest BCUT2D eigenvalue weighted by Gasteiger charge is 2.33. The number of rotatable bonds is 11. The highest BCUT2D eigenvalue weighted by molar-refractivity contribution is 7.92. The summed E-state index contributed by atoms with van der Waals surface area (Å²) < 4.78 is 48.2. The van der Waals surface area contributed by atoms with E-state index in [1.807, 2.05) is 0 Å². The van der Waals surface area contributed by atoms with E-state index in [1.165, 1.54) is 55.3 Å². The average Bonchev–Trinajstić information content (AvgIpc) is 2.90. The molecule has 0 unspecified atom stereocenters. The number of benzene rings is 3. The van der Waals surface area contributed by atoms with Crippen LogP contribution in [-0.4, -0.2) is 50.9 Å². The fourth-order valence-electron chi connectivity index (χ4n) is 3.81. The van der Waals surface area contributed by atoms with Crippen LogP contribution in [0.15, 0.2) is 83.8 Å².